The molecule has 0 aliphatic carbocycles. The largest absolute Gasteiger partial charge is 0.493 e. The van der Waals surface area contributed by atoms with Crippen LogP contribution >= 0.6 is 0 Å². The molecule has 0 atom stereocenters. The van der Waals surface area contributed by atoms with E-state index in [4.69, 9.17) is 4.74 Å². The number of hydrogen-bond donors (Lipinski definition) is 0. The fourth-order valence-electron chi connectivity index (χ4n) is 1.56. The maximum atomic E-state index is 12.1. The van der Waals surface area contributed by atoms with Gasteiger partial charge in [-0.3, -0.25) is 9.48 Å². The second-order valence-corrected chi connectivity index (χ2v) is 4.67. The van der Waals surface area contributed by atoms with Gasteiger partial charge >= 0.3 is 0 Å². The third-order valence-corrected chi connectivity index (χ3v) is 2.44. The summed E-state index contributed by atoms with van der Waals surface area (Å²) in [6.45, 7) is 5.27. The van der Waals surface area contributed by atoms with Gasteiger partial charge in [0.05, 0.1) is 19.9 Å². The van der Waals surface area contributed by atoms with E-state index in [2.05, 4.69) is 5.10 Å². The van der Waals surface area contributed by atoms with E-state index in [0.717, 1.165) is 12.1 Å². The van der Waals surface area contributed by atoms with Crippen molar-refractivity contribution in [3.05, 3.63) is 23.5 Å². The molecule has 100 valence electrons. The van der Waals surface area contributed by atoms with Crippen molar-refractivity contribution in [1.29, 1.82) is 0 Å². The summed E-state index contributed by atoms with van der Waals surface area (Å²) in [6, 6.07) is 0. The number of ketones is 1. The molecule has 1 aromatic rings. The predicted octanol–water partition coefficient (Wildman–Crippen LogP) is 1.60. The molecule has 1 aromatic heterocycles. The van der Waals surface area contributed by atoms with Crippen LogP contribution in [0.3, 0.4) is 0 Å². The molecule has 0 aromatic carbocycles. The van der Waals surface area contributed by atoms with Crippen molar-refractivity contribution in [2.75, 3.05) is 27.7 Å². The number of hydrogen-bond acceptors (Lipinski definition) is 4. The lowest BCUT2D eigenvalue weighted by Gasteiger charge is -2.11. The summed E-state index contributed by atoms with van der Waals surface area (Å²) in [4.78, 5) is 14.2. The molecule has 0 saturated heterocycles. The molecular weight excluding hydrogens is 230 g/mol. The molecule has 1 heterocycles. The Balaban J connectivity index is 3.02. The molecule has 1 rings (SSSR count). The number of rotatable bonds is 6. The third-order valence-electron chi connectivity index (χ3n) is 2.44. The second kappa shape index (κ2) is 6.35. The Hall–Kier alpha value is -1.62. The zero-order valence-electron chi connectivity index (χ0n) is 11.7. The predicted molar refractivity (Wildman–Crippen MR) is 71.1 cm³/mol. The van der Waals surface area contributed by atoms with Gasteiger partial charge in [-0.2, -0.15) is 5.10 Å². The van der Waals surface area contributed by atoms with Crippen LogP contribution in [0.1, 0.15) is 24.3 Å². The van der Waals surface area contributed by atoms with Crippen LogP contribution in [0.15, 0.2) is 17.8 Å². The van der Waals surface area contributed by atoms with E-state index < -0.39 is 0 Å². The van der Waals surface area contributed by atoms with Crippen LogP contribution in [0.25, 0.3) is 0 Å². The summed E-state index contributed by atoms with van der Waals surface area (Å²) < 4.78 is 6.88. The molecule has 0 spiro atoms. The maximum absolute atomic E-state index is 12.1. The highest BCUT2D eigenvalue weighted by molar-refractivity contribution is 6.05. The minimum absolute atomic E-state index is 0.0666. The first-order valence-electron chi connectivity index (χ1n) is 5.89. The van der Waals surface area contributed by atoms with Gasteiger partial charge in [-0.15, -0.1) is 0 Å². The minimum Gasteiger partial charge on any atom is -0.493 e. The number of methoxy groups -OCH3 is 1. The highest BCUT2D eigenvalue weighted by atomic mass is 16.5. The molecule has 5 nitrogen and oxygen atoms in total. The second-order valence-electron chi connectivity index (χ2n) is 4.67. The van der Waals surface area contributed by atoms with Crippen LogP contribution < -0.4 is 4.74 Å². The van der Waals surface area contributed by atoms with Crippen molar-refractivity contribution >= 4 is 5.78 Å². The van der Waals surface area contributed by atoms with Crippen molar-refractivity contribution in [2.24, 2.45) is 0 Å². The summed E-state index contributed by atoms with van der Waals surface area (Å²) in [5.41, 5.74) is 1.47. The molecule has 5 heteroatoms. The Bertz CT molecular complexity index is 443. The maximum Gasteiger partial charge on any atom is 0.207 e. The Morgan fingerprint density at radius 3 is 2.67 bits per heavy atom. The first-order chi connectivity index (χ1) is 8.45. The quantitative estimate of drug-likeness (QED) is 0.569. The van der Waals surface area contributed by atoms with Crippen molar-refractivity contribution in [3.63, 3.8) is 0 Å². The fourth-order valence-corrected chi connectivity index (χ4v) is 1.56. The zero-order valence-corrected chi connectivity index (χ0v) is 11.7. The van der Waals surface area contributed by atoms with Crippen LogP contribution in [0.2, 0.25) is 0 Å². The smallest absolute Gasteiger partial charge is 0.207 e. The standard InChI is InChI=1S/C13H21N3O2/c1-10(2)8-11(17)13-12(18-5)9-14-16(13)7-6-15(3)4/h8-9H,6-7H2,1-5H3. The van der Waals surface area contributed by atoms with E-state index in [0.29, 0.717) is 18.0 Å². The Morgan fingerprint density at radius 1 is 1.50 bits per heavy atom. The van der Waals surface area contributed by atoms with Gasteiger partial charge in [0, 0.05) is 6.54 Å². The summed E-state index contributed by atoms with van der Waals surface area (Å²) in [5, 5.41) is 4.20. The minimum atomic E-state index is -0.0666. The summed E-state index contributed by atoms with van der Waals surface area (Å²) in [5.74, 6) is 0.458. The van der Waals surface area contributed by atoms with Crippen LogP contribution in [0.4, 0.5) is 0 Å². The first kappa shape index (κ1) is 14.4. The van der Waals surface area contributed by atoms with Gasteiger partial charge in [0.2, 0.25) is 5.78 Å². The van der Waals surface area contributed by atoms with Gasteiger partial charge in [0.15, 0.2) is 11.4 Å². The lowest BCUT2D eigenvalue weighted by molar-refractivity contribution is 0.103. The van der Waals surface area contributed by atoms with Crippen LogP contribution in [-0.4, -0.2) is 48.2 Å². The molecule has 0 bridgehead atoms. The molecular formula is C13H21N3O2. The van der Waals surface area contributed by atoms with E-state index in [9.17, 15) is 4.79 Å². The van der Waals surface area contributed by atoms with Gasteiger partial charge in [0.25, 0.3) is 0 Å². The highest BCUT2D eigenvalue weighted by Crippen LogP contribution is 2.19. The lowest BCUT2D eigenvalue weighted by atomic mass is 10.2. The molecule has 0 unspecified atom stereocenters. The zero-order chi connectivity index (χ0) is 13.7. The molecule has 0 aliphatic heterocycles. The Morgan fingerprint density at radius 2 is 2.17 bits per heavy atom. The topological polar surface area (TPSA) is 47.4 Å². The SMILES string of the molecule is COc1cnn(CCN(C)C)c1C(=O)C=C(C)C. The van der Waals surface area contributed by atoms with Crippen molar-refractivity contribution in [3.8, 4) is 5.75 Å². The molecule has 0 radical (unpaired) electrons. The number of aromatic nitrogens is 2. The highest BCUT2D eigenvalue weighted by Gasteiger charge is 2.17. The fraction of sp³-hybridized carbons (Fsp3) is 0.538. The molecule has 18 heavy (non-hydrogen) atoms. The van der Waals surface area contributed by atoms with E-state index in [1.165, 1.54) is 0 Å². The first-order valence-corrected chi connectivity index (χ1v) is 5.89. The number of carbonyl (C=O) groups excluding carboxylic acids is 1. The lowest BCUT2D eigenvalue weighted by Crippen LogP contribution is -2.21. The van der Waals surface area contributed by atoms with Crippen LogP contribution in [-0.2, 0) is 6.54 Å². The normalized spacial score (nSPS) is 10.6. The molecule has 0 N–H and O–H groups in total. The molecule has 0 aliphatic rings. The van der Waals surface area contributed by atoms with E-state index in [1.807, 2.05) is 32.8 Å². The molecule has 0 saturated carbocycles. The molecule has 0 amide bonds. The summed E-state index contributed by atoms with van der Waals surface area (Å²) in [6.07, 6.45) is 3.19. The van der Waals surface area contributed by atoms with Gasteiger partial charge in [-0.1, -0.05) is 5.57 Å². The van der Waals surface area contributed by atoms with Crippen molar-refractivity contribution in [1.82, 2.24) is 14.7 Å². The number of allylic oxidation sites excluding steroid dienone is 2. The number of nitrogens with zero attached hydrogens (tertiary/aromatic N) is 3. The van der Waals surface area contributed by atoms with Crippen LogP contribution in [0.5, 0.6) is 5.75 Å². The van der Waals surface area contributed by atoms with E-state index >= 15 is 0 Å². The van der Waals surface area contributed by atoms with Crippen molar-refractivity contribution < 1.29 is 9.53 Å². The number of likely N-dealkylation sites (N-methyl/N-ethyl adjacent to an activating group) is 1. The average Bonchev–Trinajstić information content (AvgIpc) is 2.68. The Labute approximate surface area is 108 Å². The van der Waals surface area contributed by atoms with Gasteiger partial charge < -0.3 is 9.64 Å². The van der Waals surface area contributed by atoms with Gasteiger partial charge in [-0.05, 0) is 34.0 Å². The monoisotopic (exact) mass is 251 g/mol. The van der Waals surface area contributed by atoms with E-state index in [1.54, 1.807) is 24.1 Å². The van der Waals surface area contributed by atoms with Crippen LogP contribution in [0, 0.1) is 0 Å². The summed E-state index contributed by atoms with van der Waals surface area (Å²) >= 11 is 0. The third kappa shape index (κ3) is 3.70. The summed E-state index contributed by atoms with van der Waals surface area (Å²) in [7, 11) is 5.52. The van der Waals surface area contributed by atoms with Gasteiger partial charge in [-0.25, -0.2) is 0 Å². The van der Waals surface area contributed by atoms with Crippen molar-refractivity contribution in [2.45, 2.75) is 20.4 Å². The number of ether oxygens (including phenoxy) is 1. The Kier molecular flexibility index (Phi) is 5.09. The number of carbonyl (C=O) groups is 1. The average molecular weight is 251 g/mol. The van der Waals surface area contributed by atoms with E-state index in [-0.39, 0.29) is 5.78 Å². The van der Waals surface area contributed by atoms with Gasteiger partial charge in [0.1, 0.15) is 0 Å². The molecule has 0 fully saturated rings.